The van der Waals surface area contributed by atoms with Gasteiger partial charge in [-0.1, -0.05) is 18.2 Å². The Morgan fingerprint density at radius 2 is 1.81 bits per heavy atom. The van der Waals surface area contributed by atoms with Crippen molar-refractivity contribution in [1.29, 1.82) is 0 Å². The molecule has 0 aliphatic carbocycles. The van der Waals surface area contributed by atoms with Gasteiger partial charge in [0.2, 0.25) is 0 Å². The second-order valence-corrected chi connectivity index (χ2v) is 3.88. The summed E-state index contributed by atoms with van der Waals surface area (Å²) in [5.74, 6) is 0.889. The van der Waals surface area contributed by atoms with Crippen molar-refractivity contribution in [3.05, 3.63) is 42.0 Å². The van der Waals surface area contributed by atoms with Gasteiger partial charge in [-0.3, -0.25) is 0 Å². The topological polar surface area (TPSA) is 29.5 Å². The van der Waals surface area contributed by atoms with Gasteiger partial charge in [-0.15, -0.1) is 0 Å². The van der Waals surface area contributed by atoms with Crippen molar-refractivity contribution in [1.82, 2.24) is 0 Å². The van der Waals surface area contributed by atoms with E-state index in [0.29, 0.717) is 6.61 Å². The average molecular weight is 216 g/mol. The highest BCUT2D eigenvalue weighted by Gasteiger charge is 2.02. The van der Waals surface area contributed by atoms with Crippen molar-refractivity contribution in [2.45, 2.75) is 20.0 Å². The molecule has 0 saturated heterocycles. The van der Waals surface area contributed by atoms with E-state index in [9.17, 15) is 5.11 Å². The molecule has 0 bridgehead atoms. The van der Waals surface area contributed by atoms with Crippen LogP contribution in [0.4, 0.5) is 0 Å². The minimum atomic E-state index is -0.420. The summed E-state index contributed by atoms with van der Waals surface area (Å²) < 4.78 is 5.44. The summed E-state index contributed by atoms with van der Waals surface area (Å²) in [4.78, 5) is 0. The summed E-state index contributed by atoms with van der Waals surface area (Å²) in [5.41, 5.74) is 0.941. The summed E-state index contributed by atoms with van der Waals surface area (Å²) in [6.07, 6.45) is -0.420. The van der Waals surface area contributed by atoms with Crippen LogP contribution in [-0.4, -0.2) is 11.7 Å². The van der Waals surface area contributed by atoms with Gasteiger partial charge in [0.15, 0.2) is 0 Å². The number of hydrogen-bond donors (Lipinski definition) is 1. The van der Waals surface area contributed by atoms with Gasteiger partial charge in [0.1, 0.15) is 5.75 Å². The van der Waals surface area contributed by atoms with Crippen LogP contribution in [0.3, 0.4) is 0 Å². The third-order valence-corrected chi connectivity index (χ3v) is 2.63. The molecule has 0 aliphatic rings. The summed E-state index contributed by atoms with van der Waals surface area (Å²) in [6, 6.07) is 12.0. The summed E-state index contributed by atoms with van der Waals surface area (Å²) in [6.45, 7) is 4.42. The standard InChI is InChI=1S/C14H16O2/c1-3-16-14-7-6-12-8-11(10(2)15)4-5-13(12)9-14/h4-10,15H,3H2,1-2H3. The molecule has 1 N–H and O–H groups in total. The van der Waals surface area contributed by atoms with Crippen molar-refractivity contribution >= 4 is 10.8 Å². The maximum atomic E-state index is 9.50. The molecule has 1 atom stereocenters. The van der Waals surface area contributed by atoms with Gasteiger partial charge in [0, 0.05) is 0 Å². The number of hydrogen-bond acceptors (Lipinski definition) is 2. The Balaban J connectivity index is 2.44. The summed E-state index contributed by atoms with van der Waals surface area (Å²) in [5, 5.41) is 11.8. The molecular weight excluding hydrogens is 200 g/mol. The molecule has 0 aromatic heterocycles. The van der Waals surface area contributed by atoms with Gasteiger partial charge < -0.3 is 9.84 Å². The number of rotatable bonds is 3. The molecule has 2 nitrogen and oxygen atoms in total. The highest BCUT2D eigenvalue weighted by molar-refractivity contribution is 5.84. The third kappa shape index (κ3) is 2.17. The monoisotopic (exact) mass is 216 g/mol. The predicted molar refractivity (Wildman–Crippen MR) is 65.8 cm³/mol. The lowest BCUT2D eigenvalue weighted by molar-refractivity contribution is 0.199. The van der Waals surface area contributed by atoms with Gasteiger partial charge in [0.25, 0.3) is 0 Å². The molecule has 2 aromatic rings. The van der Waals surface area contributed by atoms with Crippen LogP contribution in [0.15, 0.2) is 36.4 Å². The van der Waals surface area contributed by atoms with Crippen molar-refractivity contribution in [3.8, 4) is 5.75 Å². The third-order valence-electron chi connectivity index (χ3n) is 2.63. The van der Waals surface area contributed by atoms with Crippen LogP contribution in [0, 0.1) is 0 Å². The Labute approximate surface area is 95.5 Å². The van der Waals surface area contributed by atoms with Gasteiger partial charge in [-0.25, -0.2) is 0 Å². The van der Waals surface area contributed by atoms with E-state index in [4.69, 9.17) is 4.74 Å². The molecule has 2 aromatic carbocycles. The van der Waals surface area contributed by atoms with Gasteiger partial charge >= 0.3 is 0 Å². The van der Waals surface area contributed by atoms with E-state index in [1.54, 1.807) is 6.92 Å². The number of aliphatic hydroxyl groups is 1. The van der Waals surface area contributed by atoms with Gasteiger partial charge in [-0.05, 0) is 48.4 Å². The minimum Gasteiger partial charge on any atom is -0.494 e. The van der Waals surface area contributed by atoms with E-state index in [2.05, 4.69) is 0 Å². The molecule has 0 radical (unpaired) electrons. The van der Waals surface area contributed by atoms with E-state index in [1.165, 1.54) is 0 Å². The molecule has 2 heteroatoms. The SMILES string of the molecule is CCOc1ccc2cc(C(C)O)ccc2c1. The van der Waals surface area contributed by atoms with Crippen molar-refractivity contribution in [2.75, 3.05) is 6.61 Å². The summed E-state index contributed by atoms with van der Waals surface area (Å²) in [7, 11) is 0. The maximum absolute atomic E-state index is 9.50. The number of benzene rings is 2. The molecule has 0 heterocycles. The lowest BCUT2D eigenvalue weighted by atomic mass is 10.0. The molecule has 0 aliphatic heterocycles. The number of ether oxygens (including phenoxy) is 1. The maximum Gasteiger partial charge on any atom is 0.119 e. The zero-order valence-electron chi connectivity index (χ0n) is 9.60. The Morgan fingerprint density at radius 3 is 2.50 bits per heavy atom. The van der Waals surface area contributed by atoms with Crippen molar-refractivity contribution in [2.24, 2.45) is 0 Å². The van der Waals surface area contributed by atoms with E-state index in [0.717, 1.165) is 22.1 Å². The second kappa shape index (κ2) is 4.54. The predicted octanol–water partition coefficient (Wildman–Crippen LogP) is 3.29. The first-order valence-corrected chi connectivity index (χ1v) is 5.55. The largest absolute Gasteiger partial charge is 0.494 e. The van der Waals surface area contributed by atoms with Crippen LogP contribution >= 0.6 is 0 Å². The molecule has 1 unspecified atom stereocenters. The number of fused-ring (bicyclic) bond motifs is 1. The molecule has 0 saturated carbocycles. The fourth-order valence-corrected chi connectivity index (χ4v) is 1.76. The number of aliphatic hydroxyl groups excluding tert-OH is 1. The van der Waals surface area contributed by atoms with Crippen LogP contribution in [0.5, 0.6) is 5.75 Å². The first kappa shape index (κ1) is 11.0. The normalized spacial score (nSPS) is 12.7. The zero-order chi connectivity index (χ0) is 11.5. The highest BCUT2D eigenvalue weighted by atomic mass is 16.5. The molecule has 0 amide bonds. The Morgan fingerprint density at radius 1 is 1.12 bits per heavy atom. The minimum absolute atomic E-state index is 0.420. The zero-order valence-corrected chi connectivity index (χ0v) is 9.60. The Bertz CT molecular complexity index is 489. The van der Waals surface area contributed by atoms with Gasteiger partial charge in [-0.2, -0.15) is 0 Å². The van der Waals surface area contributed by atoms with Crippen LogP contribution in [0.2, 0.25) is 0 Å². The smallest absolute Gasteiger partial charge is 0.119 e. The quantitative estimate of drug-likeness (QED) is 0.853. The fourth-order valence-electron chi connectivity index (χ4n) is 1.76. The fraction of sp³-hybridized carbons (Fsp3) is 0.286. The lowest BCUT2D eigenvalue weighted by Crippen LogP contribution is -1.92. The second-order valence-electron chi connectivity index (χ2n) is 3.88. The molecule has 84 valence electrons. The Hall–Kier alpha value is -1.54. The molecule has 2 rings (SSSR count). The van der Waals surface area contributed by atoms with Crippen LogP contribution in [0.25, 0.3) is 10.8 Å². The molecule has 0 fully saturated rings. The van der Waals surface area contributed by atoms with E-state index < -0.39 is 6.10 Å². The Kier molecular flexibility index (Phi) is 3.11. The van der Waals surface area contributed by atoms with Crippen molar-refractivity contribution < 1.29 is 9.84 Å². The first-order valence-electron chi connectivity index (χ1n) is 5.55. The van der Waals surface area contributed by atoms with Gasteiger partial charge in [0.05, 0.1) is 12.7 Å². The molecule has 16 heavy (non-hydrogen) atoms. The van der Waals surface area contributed by atoms with E-state index >= 15 is 0 Å². The highest BCUT2D eigenvalue weighted by Crippen LogP contribution is 2.24. The molecular formula is C14H16O2. The van der Waals surface area contributed by atoms with E-state index in [1.807, 2.05) is 43.3 Å². The lowest BCUT2D eigenvalue weighted by Gasteiger charge is -2.08. The van der Waals surface area contributed by atoms with Crippen LogP contribution in [0.1, 0.15) is 25.5 Å². The van der Waals surface area contributed by atoms with Crippen LogP contribution < -0.4 is 4.74 Å². The average Bonchev–Trinajstić information content (AvgIpc) is 2.28. The summed E-state index contributed by atoms with van der Waals surface area (Å²) >= 11 is 0. The van der Waals surface area contributed by atoms with Crippen LogP contribution in [-0.2, 0) is 0 Å². The van der Waals surface area contributed by atoms with Crippen molar-refractivity contribution in [3.63, 3.8) is 0 Å². The first-order chi connectivity index (χ1) is 7.70. The van der Waals surface area contributed by atoms with E-state index in [-0.39, 0.29) is 0 Å². The molecule has 0 spiro atoms.